The minimum Gasteiger partial charge on any atom is -0.341 e. The number of likely N-dealkylation sites (tertiary alicyclic amines) is 1. The average Bonchev–Trinajstić information content (AvgIpc) is 2.53. The average molecular weight is 318 g/mol. The van der Waals surface area contributed by atoms with E-state index in [4.69, 9.17) is 0 Å². The fourth-order valence-corrected chi connectivity index (χ4v) is 4.50. The van der Waals surface area contributed by atoms with Gasteiger partial charge >= 0.3 is 0 Å². The van der Waals surface area contributed by atoms with Crippen LogP contribution in [0.1, 0.15) is 26.7 Å². The lowest BCUT2D eigenvalue weighted by molar-refractivity contribution is -0.139. The Hall–Kier alpha value is -1.49. The molecule has 5 heteroatoms. The van der Waals surface area contributed by atoms with Gasteiger partial charge in [-0.1, -0.05) is 30.8 Å². The molecule has 1 atom stereocenters. The maximum absolute atomic E-state index is 13.0. The molecule has 4 nitrogen and oxygen atoms in total. The third kappa shape index (κ3) is 2.41. The van der Waals surface area contributed by atoms with Crippen LogP contribution in [0.4, 0.5) is 5.69 Å². The first-order valence-electron chi connectivity index (χ1n) is 7.79. The molecular weight excluding hydrogens is 296 g/mol. The van der Waals surface area contributed by atoms with Gasteiger partial charge in [0.1, 0.15) is 0 Å². The Bertz CT molecular complexity index is 610. The summed E-state index contributed by atoms with van der Waals surface area (Å²) in [7, 11) is 1.75. The van der Waals surface area contributed by atoms with Crippen molar-refractivity contribution in [3.05, 3.63) is 24.3 Å². The van der Waals surface area contributed by atoms with E-state index in [0.717, 1.165) is 36.5 Å². The molecule has 0 saturated carbocycles. The number of carbonyl (C=O) groups excluding carboxylic acids is 2. The molecule has 0 spiro atoms. The lowest BCUT2D eigenvalue weighted by atomic mass is 9.97. The van der Waals surface area contributed by atoms with Crippen LogP contribution in [0.25, 0.3) is 0 Å². The molecule has 0 bridgehead atoms. The second-order valence-corrected chi connectivity index (χ2v) is 7.90. The number of nitrogens with zero attached hydrogens (tertiary/aromatic N) is 2. The van der Waals surface area contributed by atoms with Gasteiger partial charge in [0.15, 0.2) is 4.75 Å². The van der Waals surface area contributed by atoms with Crippen molar-refractivity contribution in [1.29, 1.82) is 0 Å². The summed E-state index contributed by atoms with van der Waals surface area (Å²) in [6.45, 7) is 5.50. The summed E-state index contributed by atoms with van der Waals surface area (Å²) in [5.41, 5.74) is 0.884. The van der Waals surface area contributed by atoms with Crippen molar-refractivity contribution >= 4 is 29.3 Å². The summed E-state index contributed by atoms with van der Waals surface area (Å²) in [5.74, 6) is 0.491. The zero-order valence-electron chi connectivity index (χ0n) is 13.3. The van der Waals surface area contributed by atoms with Gasteiger partial charge in [-0.25, -0.2) is 0 Å². The number of thioether (sulfide) groups is 1. The van der Waals surface area contributed by atoms with Crippen molar-refractivity contribution in [2.24, 2.45) is 5.92 Å². The molecule has 118 valence electrons. The first-order valence-corrected chi connectivity index (χ1v) is 8.60. The highest BCUT2D eigenvalue weighted by atomic mass is 32.2. The van der Waals surface area contributed by atoms with Gasteiger partial charge < -0.3 is 9.80 Å². The largest absolute Gasteiger partial charge is 0.341 e. The standard InChI is InChI=1S/C17H22N2O2S/c1-12-8-10-19(11-9-12)16(21)17(2)15(20)18(3)13-6-4-5-7-14(13)22-17/h4-7,12H,8-11H2,1-3H3/t17-/m0/s1. The molecule has 1 aromatic carbocycles. The van der Waals surface area contributed by atoms with Crippen molar-refractivity contribution in [3.8, 4) is 0 Å². The molecule has 22 heavy (non-hydrogen) atoms. The van der Waals surface area contributed by atoms with E-state index >= 15 is 0 Å². The molecule has 1 aromatic rings. The Morgan fingerprint density at radius 3 is 2.59 bits per heavy atom. The second-order valence-electron chi connectivity index (χ2n) is 6.44. The predicted octanol–water partition coefficient (Wildman–Crippen LogP) is 2.77. The van der Waals surface area contributed by atoms with Crippen LogP contribution in [-0.2, 0) is 9.59 Å². The van der Waals surface area contributed by atoms with Gasteiger partial charge in [-0.3, -0.25) is 9.59 Å². The predicted molar refractivity (Wildman–Crippen MR) is 89.1 cm³/mol. The van der Waals surface area contributed by atoms with E-state index in [9.17, 15) is 9.59 Å². The van der Waals surface area contributed by atoms with Gasteiger partial charge in [0.05, 0.1) is 5.69 Å². The lowest BCUT2D eigenvalue weighted by Gasteiger charge is -2.41. The van der Waals surface area contributed by atoms with Gasteiger partial charge in [-0.15, -0.1) is 0 Å². The quantitative estimate of drug-likeness (QED) is 0.748. The maximum atomic E-state index is 13.0. The number of piperidine rings is 1. The van der Waals surface area contributed by atoms with Crippen molar-refractivity contribution in [2.75, 3.05) is 25.0 Å². The van der Waals surface area contributed by atoms with Gasteiger partial charge in [0.25, 0.3) is 5.91 Å². The number of anilines is 1. The Kier molecular flexibility index (Phi) is 3.93. The monoisotopic (exact) mass is 318 g/mol. The van der Waals surface area contributed by atoms with Crippen LogP contribution >= 0.6 is 11.8 Å². The van der Waals surface area contributed by atoms with Crippen molar-refractivity contribution in [1.82, 2.24) is 4.90 Å². The SMILES string of the molecule is CC1CCN(C(=O)[C@@]2(C)Sc3ccccc3N(C)C2=O)CC1. The topological polar surface area (TPSA) is 40.6 Å². The third-order valence-electron chi connectivity index (χ3n) is 4.73. The highest BCUT2D eigenvalue weighted by Gasteiger charge is 2.50. The molecule has 0 unspecified atom stereocenters. The van der Waals surface area contributed by atoms with Crippen LogP contribution in [0.15, 0.2) is 29.2 Å². The molecule has 1 fully saturated rings. The number of fused-ring (bicyclic) bond motifs is 1. The minimum absolute atomic E-state index is 0.0456. The zero-order chi connectivity index (χ0) is 15.9. The van der Waals surface area contributed by atoms with Crippen LogP contribution in [-0.4, -0.2) is 41.6 Å². The Morgan fingerprint density at radius 1 is 1.27 bits per heavy atom. The normalized spacial score (nSPS) is 26.0. The zero-order valence-corrected chi connectivity index (χ0v) is 14.2. The third-order valence-corrected chi connectivity index (χ3v) is 6.06. The van der Waals surface area contributed by atoms with E-state index in [1.165, 1.54) is 11.8 Å². The van der Waals surface area contributed by atoms with E-state index < -0.39 is 4.75 Å². The van der Waals surface area contributed by atoms with Crippen LogP contribution in [0.5, 0.6) is 0 Å². The summed E-state index contributed by atoms with van der Waals surface area (Å²) >= 11 is 1.39. The highest BCUT2D eigenvalue weighted by Crippen LogP contribution is 2.45. The van der Waals surface area contributed by atoms with Crippen LogP contribution in [0.3, 0.4) is 0 Å². The number of para-hydroxylation sites is 1. The maximum Gasteiger partial charge on any atom is 0.252 e. The number of benzene rings is 1. The number of amides is 2. The molecule has 2 aliphatic heterocycles. The Balaban J connectivity index is 1.89. The van der Waals surface area contributed by atoms with Gasteiger partial charge in [-0.2, -0.15) is 0 Å². The van der Waals surface area contributed by atoms with Gasteiger partial charge in [-0.05, 0) is 37.8 Å². The lowest BCUT2D eigenvalue weighted by Crippen LogP contribution is -2.57. The fraction of sp³-hybridized carbons (Fsp3) is 0.529. The van der Waals surface area contributed by atoms with E-state index in [0.29, 0.717) is 5.92 Å². The molecule has 1 saturated heterocycles. The Labute approximate surface area is 135 Å². The van der Waals surface area contributed by atoms with E-state index in [2.05, 4.69) is 6.92 Å². The molecular formula is C17H22N2O2S. The summed E-state index contributed by atoms with van der Waals surface area (Å²) in [6, 6.07) is 7.77. The van der Waals surface area contributed by atoms with Crippen molar-refractivity contribution < 1.29 is 9.59 Å². The molecule has 2 heterocycles. The van der Waals surface area contributed by atoms with Crippen LogP contribution in [0.2, 0.25) is 0 Å². The van der Waals surface area contributed by atoms with Crippen molar-refractivity contribution in [3.63, 3.8) is 0 Å². The second kappa shape index (κ2) is 5.61. The molecule has 0 N–H and O–H groups in total. The fourth-order valence-electron chi connectivity index (χ4n) is 3.16. The molecule has 2 amide bonds. The first kappa shape index (κ1) is 15.4. The number of carbonyl (C=O) groups is 2. The molecule has 3 rings (SSSR count). The molecule has 0 aliphatic carbocycles. The minimum atomic E-state index is -1.05. The number of hydrogen-bond acceptors (Lipinski definition) is 3. The summed E-state index contributed by atoms with van der Waals surface area (Å²) in [5, 5.41) is 0. The molecule has 0 aromatic heterocycles. The summed E-state index contributed by atoms with van der Waals surface area (Å²) in [4.78, 5) is 30.3. The van der Waals surface area contributed by atoms with Gasteiger partial charge in [0, 0.05) is 25.0 Å². The number of rotatable bonds is 1. The van der Waals surface area contributed by atoms with E-state index in [1.54, 1.807) is 18.9 Å². The molecule has 0 radical (unpaired) electrons. The Morgan fingerprint density at radius 2 is 1.91 bits per heavy atom. The van der Waals surface area contributed by atoms with Crippen LogP contribution < -0.4 is 4.90 Å². The van der Waals surface area contributed by atoms with Gasteiger partial charge in [0.2, 0.25) is 5.91 Å². The summed E-state index contributed by atoms with van der Waals surface area (Å²) < 4.78 is -1.05. The molecule has 2 aliphatic rings. The highest BCUT2D eigenvalue weighted by molar-refractivity contribution is 8.02. The van der Waals surface area contributed by atoms with Crippen LogP contribution in [0, 0.1) is 5.92 Å². The smallest absolute Gasteiger partial charge is 0.252 e. The van der Waals surface area contributed by atoms with Crippen molar-refractivity contribution in [2.45, 2.75) is 36.3 Å². The summed E-state index contributed by atoms with van der Waals surface area (Å²) in [6.07, 6.45) is 2.04. The first-order chi connectivity index (χ1) is 10.4. The van der Waals surface area contributed by atoms with E-state index in [1.807, 2.05) is 29.2 Å². The van der Waals surface area contributed by atoms with E-state index in [-0.39, 0.29) is 11.8 Å². The number of hydrogen-bond donors (Lipinski definition) is 0.